The fourth-order valence-electron chi connectivity index (χ4n) is 8.96. The first-order chi connectivity index (χ1) is 30.0. The predicted octanol–water partition coefficient (Wildman–Crippen LogP) is 16.7. The van der Waals surface area contributed by atoms with Gasteiger partial charge in [-0.05, 0) is 25.7 Å². The first-order valence-corrected chi connectivity index (χ1v) is 27.8. The van der Waals surface area contributed by atoms with Gasteiger partial charge in [0.1, 0.15) is 6.10 Å². The van der Waals surface area contributed by atoms with Gasteiger partial charge in [-0.25, -0.2) is 0 Å². The monoisotopic (exact) mass is 864 g/mol. The van der Waals surface area contributed by atoms with Crippen LogP contribution in [0, 0.1) is 0 Å². The number of amides is 1. The fourth-order valence-corrected chi connectivity index (χ4v) is 8.96. The number of carbonyl (C=O) groups is 2. The molecule has 61 heavy (non-hydrogen) atoms. The van der Waals surface area contributed by atoms with Crippen LogP contribution in [0.25, 0.3) is 0 Å². The quantitative estimate of drug-likeness (QED) is 0.0418. The molecule has 0 saturated heterocycles. The van der Waals surface area contributed by atoms with E-state index in [0.29, 0.717) is 19.3 Å². The maximum atomic E-state index is 13.2. The van der Waals surface area contributed by atoms with Crippen molar-refractivity contribution in [2.24, 2.45) is 0 Å². The van der Waals surface area contributed by atoms with E-state index < -0.39 is 18.2 Å². The first kappa shape index (κ1) is 59.9. The topological polar surface area (TPSA) is 95.9 Å². The molecule has 0 radical (unpaired) electrons. The fraction of sp³-hybridized carbons (Fsp3) is 0.964. The molecule has 6 nitrogen and oxygen atoms in total. The van der Waals surface area contributed by atoms with Gasteiger partial charge < -0.3 is 20.3 Å². The van der Waals surface area contributed by atoms with Crippen LogP contribution in [-0.2, 0) is 14.3 Å². The molecule has 0 rings (SSSR count). The Balaban J connectivity index is 4.47. The van der Waals surface area contributed by atoms with E-state index in [0.717, 1.165) is 44.9 Å². The molecule has 0 bridgehead atoms. The predicted molar refractivity (Wildman–Crippen MR) is 264 cm³/mol. The maximum Gasteiger partial charge on any atom is 0.306 e. The van der Waals surface area contributed by atoms with Gasteiger partial charge in [-0.2, -0.15) is 0 Å². The van der Waals surface area contributed by atoms with Crippen molar-refractivity contribution in [2.75, 3.05) is 6.61 Å². The summed E-state index contributed by atoms with van der Waals surface area (Å²) in [5.74, 6) is -0.448. The molecule has 3 atom stereocenters. The number of carbonyl (C=O) groups excluding carboxylic acids is 2. The molecule has 0 fully saturated rings. The summed E-state index contributed by atoms with van der Waals surface area (Å²) >= 11 is 0. The molecule has 6 heteroatoms. The van der Waals surface area contributed by atoms with Gasteiger partial charge in [-0.3, -0.25) is 9.59 Å². The van der Waals surface area contributed by atoms with E-state index in [2.05, 4.69) is 26.1 Å². The minimum atomic E-state index is -0.779. The van der Waals surface area contributed by atoms with Crippen molar-refractivity contribution in [2.45, 2.75) is 334 Å². The molecule has 0 aromatic carbocycles. The lowest BCUT2D eigenvalue weighted by molar-refractivity contribution is -0.151. The molecule has 0 heterocycles. The van der Waals surface area contributed by atoms with Crippen LogP contribution >= 0.6 is 0 Å². The normalized spacial score (nSPS) is 13.1. The Morgan fingerprint density at radius 2 is 0.689 bits per heavy atom. The third kappa shape index (κ3) is 45.2. The molecule has 0 saturated carbocycles. The summed E-state index contributed by atoms with van der Waals surface area (Å²) in [5.41, 5.74) is 0. The third-order valence-electron chi connectivity index (χ3n) is 13.2. The zero-order valence-corrected chi connectivity index (χ0v) is 41.6. The van der Waals surface area contributed by atoms with Crippen LogP contribution in [-0.4, -0.2) is 46.9 Å². The third-order valence-corrected chi connectivity index (χ3v) is 13.2. The van der Waals surface area contributed by atoms with Crippen LogP contribution < -0.4 is 5.32 Å². The van der Waals surface area contributed by atoms with Gasteiger partial charge in [0.05, 0.1) is 25.2 Å². The van der Waals surface area contributed by atoms with Crippen molar-refractivity contribution in [3.8, 4) is 0 Å². The summed E-state index contributed by atoms with van der Waals surface area (Å²) in [6.45, 7) is 6.52. The maximum absolute atomic E-state index is 13.2. The summed E-state index contributed by atoms with van der Waals surface area (Å²) in [6, 6.07) is -0.692. The SMILES string of the molecule is CCCCCCCCCCCCCCCCCCC(CC(=O)NC(CO)C(O)CCCCCCCCCCCCCCCCC)OC(=O)CCCCCCCCCCCCC. The highest BCUT2D eigenvalue weighted by Gasteiger charge is 2.24. The van der Waals surface area contributed by atoms with Gasteiger partial charge in [0.25, 0.3) is 0 Å². The van der Waals surface area contributed by atoms with Crippen LogP contribution in [0.4, 0.5) is 0 Å². The van der Waals surface area contributed by atoms with Gasteiger partial charge >= 0.3 is 5.97 Å². The van der Waals surface area contributed by atoms with Crippen LogP contribution in [0.15, 0.2) is 0 Å². The molecular formula is C55H109NO5. The lowest BCUT2D eigenvalue weighted by atomic mass is 10.0. The van der Waals surface area contributed by atoms with Gasteiger partial charge in [0.2, 0.25) is 5.91 Å². The van der Waals surface area contributed by atoms with E-state index in [1.54, 1.807) is 0 Å². The minimum absolute atomic E-state index is 0.0882. The highest BCUT2D eigenvalue weighted by molar-refractivity contribution is 5.77. The number of hydrogen-bond donors (Lipinski definition) is 3. The molecule has 0 aliphatic rings. The van der Waals surface area contributed by atoms with E-state index in [1.807, 2.05) is 0 Å². The molecule has 0 aliphatic heterocycles. The Hall–Kier alpha value is -1.14. The number of esters is 1. The Kier molecular flexibility index (Phi) is 48.9. The number of aliphatic hydroxyl groups is 2. The Bertz CT molecular complexity index is 882. The zero-order chi connectivity index (χ0) is 44.5. The Labute approximate surface area is 381 Å². The van der Waals surface area contributed by atoms with E-state index in [-0.39, 0.29) is 24.9 Å². The second kappa shape index (κ2) is 49.9. The van der Waals surface area contributed by atoms with Crippen molar-refractivity contribution < 1.29 is 24.5 Å². The van der Waals surface area contributed by atoms with E-state index in [4.69, 9.17) is 4.74 Å². The van der Waals surface area contributed by atoms with Crippen LogP contribution in [0.3, 0.4) is 0 Å². The Morgan fingerprint density at radius 3 is 1.00 bits per heavy atom. The highest BCUT2D eigenvalue weighted by atomic mass is 16.5. The molecule has 0 aliphatic carbocycles. The minimum Gasteiger partial charge on any atom is -0.462 e. The first-order valence-electron chi connectivity index (χ1n) is 27.8. The lowest BCUT2D eigenvalue weighted by Crippen LogP contribution is -2.46. The molecule has 0 aromatic heterocycles. The number of aliphatic hydroxyl groups excluding tert-OH is 2. The molecule has 1 amide bonds. The van der Waals surface area contributed by atoms with Crippen LogP contribution in [0.5, 0.6) is 0 Å². The van der Waals surface area contributed by atoms with E-state index in [9.17, 15) is 19.8 Å². The summed E-state index contributed by atoms with van der Waals surface area (Å²) in [4.78, 5) is 26.2. The lowest BCUT2D eigenvalue weighted by Gasteiger charge is -2.24. The number of rotatable bonds is 51. The second-order valence-electron chi connectivity index (χ2n) is 19.4. The molecule has 0 aromatic rings. The zero-order valence-electron chi connectivity index (χ0n) is 41.6. The second-order valence-corrected chi connectivity index (χ2v) is 19.4. The molecule has 364 valence electrons. The number of hydrogen-bond acceptors (Lipinski definition) is 5. The van der Waals surface area contributed by atoms with Crippen molar-refractivity contribution >= 4 is 11.9 Å². The smallest absolute Gasteiger partial charge is 0.306 e. The van der Waals surface area contributed by atoms with Crippen LogP contribution in [0.1, 0.15) is 316 Å². The summed E-state index contributed by atoms with van der Waals surface area (Å²) in [7, 11) is 0. The van der Waals surface area contributed by atoms with Gasteiger partial charge in [0, 0.05) is 6.42 Å². The van der Waals surface area contributed by atoms with E-state index in [1.165, 1.54) is 225 Å². The average Bonchev–Trinajstić information content (AvgIpc) is 3.25. The van der Waals surface area contributed by atoms with E-state index >= 15 is 0 Å². The standard InChI is InChI=1S/C55H109NO5/c1-4-7-10-13-16-19-22-24-26-28-29-32-34-37-40-43-46-51(61-55(60)48-45-42-39-36-31-21-18-15-12-9-6-3)49-54(59)56-52(50-57)53(58)47-44-41-38-35-33-30-27-25-23-20-17-14-11-8-5-2/h51-53,57-58H,4-50H2,1-3H3,(H,56,59). The largest absolute Gasteiger partial charge is 0.462 e. The van der Waals surface area contributed by atoms with Crippen molar-refractivity contribution in [3.63, 3.8) is 0 Å². The van der Waals surface area contributed by atoms with Gasteiger partial charge in [-0.15, -0.1) is 0 Å². The molecule has 3 N–H and O–H groups in total. The van der Waals surface area contributed by atoms with Crippen molar-refractivity contribution in [1.29, 1.82) is 0 Å². The average molecular weight is 864 g/mol. The molecular weight excluding hydrogens is 755 g/mol. The summed E-state index contributed by atoms with van der Waals surface area (Å²) in [6.07, 6.45) is 54.5. The van der Waals surface area contributed by atoms with Gasteiger partial charge in [0.15, 0.2) is 0 Å². The number of nitrogens with one attached hydrogen (secondary N) is 1. The molecule has 0 spiro atoms. The van der Waals surface area contributed by atoms with Crippen molar-refractivity contribution in [1.82, 2.24) is 5.32 Å². The highest BCUT2D eigenvalue weighted by Crippen LogP contribution is 2.19. The number of ether oxygens (including phenoxy) is 1. The molecule has 3 unspecified atom stereocenters. The Morgan fingerprint density at radius 1 is 0.410 bits per heavy atom. The van der Waals surface area contributed by atoms with Crippen LogP contribution in [0.2, 0.25) is 0 Å². The van der Waals surface area contributed by atoms with Crippen molar-refractivity contribution in [3.05, 3.63) is 0 Å². The summed E-state index contributed by atoms with van der Waals surface area (Å²) < 4.78 is 5.95. The number of unbranched alkanes of at least 4 members (excludes halogenated alkanes) is 39. The summed E-state index contributed by atoms with van der Waals surface area (Å²) in [5, 5.41) is 23.8. The van der Waals surface area contributed by atoms with Gasteiger partial charge in [-0.1, -0.05) is 278 Å².